The number of carboxylic acid groups (broad SMARTS) is 1. The van der Waals surface area contributed by atoms with Gasteiger partial charge in [0.05, 0.1) is 0 Å². The standard InChI is InChI=1S/C11H7F3O5/c12-11(13,14)19-7-3-1-6(2-4-7)8(15)5-9(16)10(17)18/h1-5,15H,(H,17,18). The summed E-state index contributed by atoms with van der Waals surface area (Å²) >= 11 is 0. The molecule has 5 nitrogen and oxygen atoms in total. The zero-order chi connectivity index (χ0) is 14.6. The van der Waals surface area contributed by atoms with Gasteiger partial charge in [0.15, 0.2) is 0 Å². The van der Waals surface area contributed by atoms with E-state index in [4.69, 9.17) is 5.11 Å². The van der Waals surface area contributed by atoms with Crippen molar-refractivity contribution in [2.75, 3.05) is 0 Å². The van der Waals surface area contributed by atoms with E-state index >= 15 is 0 Å². The summed E-state index contributed by atoms with van der Waals surface area (Å²) in [7, 11) is 0. The summed E-state index contributed by atoms with van der Waals surface area (Å²) in [5, 5.41) is 17.7. The smallest absolute Gasteiger partial charge is 0.507 e. The van der Waals surface area contributed by atoms with E-state index in [1.165, 1.54) is 0 Å². The second-order valence-corrected chi connectivity index (χ2v) is 3.27. The number of ketones is 1. The summed E-state index contributed by atoms with van der Waals surface area (Å²) in [6.07, 6.45) is -4.39. The van der Waals surface area contributed by atoms with E-state index < -0.39 is 29.6 Å². The van der Waals surface area contributed by atoms with Gasteiger partial charge in [0.25, 0.3) is 5.78 Å². The molecule has 0 amide bonds. The van der Waals surface area contributed by atoms with Gasteiger partial charge in [-0.3, -0.25) is 4.79 Å². The first-order valence-corrected chi connectivity index (χ1v) is 4.73. The normalized spacial score (nSPS) is 12.1. The molecule has 0 atom stereocenters. The number of benzene rings is 1. The van der Waals surface area contributed by atoms with E-state index in [-0.39, 0.29) is 5.56 Å². The number of hydrogen-bond donors (Lipinski definition) is 2. The van der Waals surface area contributed by atoms with Crippen LogP contribution in [0.5, 0.6) is 5.75 Å². The van der Waals surface area contributed by atoms with Gasteiger partial charge in [0, 0.05) is 11.6 Å². The fourth-order valence-electron chi connectivity index (χ4n) is 1.10. The molecule has 0 fully saturated rings. The van der Waals surface area contributed by atoms with Gasteiger partial charge in [-0.15, -0.1) is 13.2 Å². The zero-order valence-electron chi connectivity index (χ0n) is 9.14. The molecule has 0 aromatic heterocycles. The summed E-state index contributed by atoms with van der Waals surface area (Å²) in [4.78, 5) is 21.0. The van der Waals surface area contributed by atoms with Crippen LogP contribution in [0.4, 0.5) is 13.2 Å². The maximum atomic E-state index is 11.9. The first-order chi connectivity index (χ1) is 8.69. The van der Waals surface area contributed by atoms with E-state index in [0.29, 0.717) is 6.08 Å². The first kappa shape index (κ1) is 14.6. The molecule has 0 aliphatic heterocycles. The Kier molecular flexibility index (Phi) is 4.15. The largest absolute Gasteiger partial charge is 0.573 e. The minimum atomic E-state index is -4.83. The van der Waals surface area contributed by atoms with Gasteiger partial charge < -0.3 is 14.9 Å². The summed E-state index contributed by atoms with van der Waals surface area (Å²) in [5.74, 6) is -4.30. The maximum absolute atomic E-state index is 11.9. The lowest BCUT2D eigenvalue weighted by Gasteiger charge is -2.08. The number of carbonyl (C=O) groups is 2. The monoisotopic (exact) mass is 276 g/mol. The number of carboxylic acids is 1. The molecule has 0 bridgehead atoms. The molecule has 0 saturated heterocycles. The molecule has 19 heavy (non-hydrogen) atoms. The van der Waals surface area contributed by atoms with Crippen molar-refractivity contribution in [3.8, 4) is 5.75 Å². The molecule has 0 spiro atoms. The third-order valence-electron chi connectivity index (χ3n) is 1.86. The SMILES string of the molecule is O=C(O)C(=O)C=C(O)c1ccc(OC(F)(F)F)cc1. The number of aliphatic hydroxyl groups is 1. The highest BCUT2D eigenvalue weighted by atomic mass is 19.4. The van der Waals surface area contributed by atoms with Crippen molar-refractivity contribution < 1.29 is 37.7 Å². The Hall–Kier alpha value is -2.51. The van der Waals surface area contributed by atoms with Crippen molar-refractivity contribution in [2.45, 2.75) is 6.36 Å². The van der Waals surface area contributed by atoms with Crippen molar-refractivity contribution in [3.05, 3.63) is 35.9 Å². The maximum Gasteiger partial charge on any atom is 0.573 e. The van der Waals surface area contributed by atoms with E-state index in [1.54, 1.807) is 0 Å². The first-order valence-electron chi connectivity index (χ1n) is 4.73. The molecule has 1 aromatic carbocycles. The number of aliphatic carboxylic acids is 1. The van der Waals surface area contributed by atoms with Crippen molar-refractivity contribution in [1.82, 2.24) is 0 Å². The van der Waals surface area contributed by atoms with Crippen molar-refractivity contribution in [2.24, 2.45) is 0 Å². The number of aliphatic hydroxyl groups excluding tert-OH is 1. The lowest BCUT2D eigenvalue weighted by Crippen LogP contribution is -2.17. The molecule has 102 valence electrons. The van der Waals surface area contributed by atoms with Gasteiger partial charge in [0.1, 0.15) is 11.5 Å². The number of alkyl halides is 3. The molecule has 2 N–H and O–H groups in total. The molecule has 0 radical (unpaired) electrons. The number of halogens is 3. The van der Waals surface area contributed by atoms with Gasteiger partial charge in [-0.2, -0.15) is 0 Å². The minimum absolute atomic E-state index is 0.0240. The highest BCUT2D eigenvalue weighted by molar-refractivity contribution is 6.38. The average molecular weight is 276 g/mol. The van der Waals surface area contributed by atoms with Crippen LogP contribution in [0.2, 0.25) is 0 Å². The van der Waals surface area contributed by atoms with Crippen LogP contribution in [0, 0.1) is 0 Å². The molecule has 0 unspecified atom stereocenters. The summed E-state index contributed by atoms with van der Waals surface area (Å²) in [6, 6.07) is 3.92. The van der Waals surface area contributed by atoms with Crippen molar-refractivity contribution in [1.29, 1.82) is 0 Å². The Balaban J connectivity index is 2.87. The van der Waals surface area contributed by atoms with Crippen LogP contribution in [0.1, 0.15) is 5.56 Å². The predicted octanol–water partition coefficient (Wildman–Crippen LogP) is 2.14. The van der Waals surface area contributed by atoms with Crippen molar-refractivity contribution in [3.63, 3.8) is 0 Å². The predicted molar refractivity (Wildman–Crippen MR) is 56.4 cm³/mol. The Morgan fingerprint density at radius 2 is 1.63 bits per heavy atom. The van der Waals surface area contributed by atoms with E-state index in [1.807, 2.05) is 0 Å². The highest BCUT2D eigenvalue weighted by Gasteiger charge is 2.30. The van der Waals surface area contributed by atoms with E-state index in [2.05, 4.69) is 4.74 Å². The lowest BCUT2D eigenvalue weighted by atomic mass is 10.1. The summed E-state index contributed by atoms with van der Waals surface area (Å²) in [6.45, 7) is 0. The zero-order valence-corrected chi connectivity index (χ0v) is 9.14. The highest BCUT2D eigenvalue weighted by Crippen LogP contribution is 2.24. The van der Waals surface area contributed by atoms with Gasteiger partial charge in [-0.1, -0.05) is 0 Å². The van der Waals surface area contributed by atoms with Crippen LogP contribution in [0.25, 0.3) is 5.76 Å². The Morgan fingerprint density at radius 1 is 1.11 bits per heavy atom. The Bertz CT molecular complexity index is 516. The molecular weight excluding hydrogens is 269 g/mol. The van der Waals surface area contributed by atoms with Crippen LogP contribution >= 0.6 is 0 Å². The lowest BCUT2D eigenvalue weighted by molar-refractivity contribution is -0.274. The molecule has 1 rings (SSSR count). The number of carbonyl (C=O) groups excluding carboxylic acids is 1. The van der Waals surface area contributed by atoms with Crippen LogP contribution in [0.3, 0.4) is 0 Å². The van der Waals surface area contributed by atoms with Crippen LogP contribution in [-0.4, -0.2) is 28.3 Å². The Morgan fingerprint density at radius 3 is 2.05 bits per heavy atom. The van der Waals surface area contributed by atoms with Gasteiger partial charge in [0.2, 0.25) is 0 Å². The quantitative estimate of drug-likeness (QED) is 0.500. The second-order valence-electron chi connectivity index (χ2n) is 3.27. The van der Waals surface area contributed by atoms with Gasteiger partial charge >= 0.3 is 12.3 Å². The topological polar surface area (TPSA) is 83.8 Å². The number of hydrogen-bond acceptors (Lipinski definition) is 4. The minimum Gasteiger partial charge on any atom is -0.507 e. The third-order valence-corrected chi connectivity index (χ3v) is 1.86. The molecule has 0 aliphatic rings. The Labute approximate surface area is 104 Å². The molecular formula is C11H7F3O5. The fourth-order valence-corrected chi connectivity index (χ4v) is 1.10. The molecule has 0 aliphatic carbocycles. The number of rotatable bonds is 4. The molecule has 0 heterocycles. The van der Waals surface area contributed by atoms with Gasteiger partial charge in [-0.25, -0.2) is 4.79 Å². The molecule has 1 aromatic rings. The molecule has 8 heteroatoms. The van der Waals surface area contributed by atoms with Crippen LogP contribution in [0.15, 0.2) is 30.3 Å². The second kappa shape index (κ2) is 5.42. The number of ether oxygens (including phenoxy) is 1. The van der Waals surface area contributed by atoms with Crippen LogP contribution < -0.4 is 4.74 Å². The van der Waals surface area contributed by atoms with Gasteiger partial charge in [-0.05, 0) is 24.3 Å². The third kappa shape index (κ3) is 4.70. The summed E-state index contributed by atoms with van der Waals surface area (Å²) < 4.78 is 39.2. The van der Waals surface area contributed by atoms with E-state index in [0.717, 1.165) is 24.3 Å². The summed E-state index contributed by atoms with van der Waals surface area (Å²) in [5.41, 5.74) is -0.0240. The van der Waals surface area contributed by atoms with E-state index in [9.17, 15) is 27.9 Å². The van der Waals surface area contributed by atoms with Crippen LogP contribution in [-0.2, 0) is 9.59 Å². The molecule has 0 saturated carbocycles. The van der Waals surface area contributed by atoms with Crippen molar-refractivity contribution >= 4 is 17.5 Å². The average Bonchev–Trinajstić information content (AvgIpc) is 2.27. The fraction of sp³-hybridized carbons (Fsp3) is 0.0909.